The van der Waals surface area contributed by atoms with E-state index in [4.69, 9.17) is 37.0 Å². The SMILES string of the molecule is CCC(C)CCCCCCCCCCCCCCCCC(=O)OC[C@H](COP(=O)(O)OC[C@@H](O)COP(=O)(O)OC[C@@H](COC(=O)CCCCCCCCC(C)C)OC(=O)CCCCCCCCCCCCCCCCC(C)C)OC(=O)CCCCCCCCCCC(C)CC. The fourth-order valence-corrected chi connectivity index (χ4v) is 13.2. The molecule has 7 atom stereocenters. The minimum absolute atomic E-state index is 0.105. The molecule has 3 N–H and O–H groups in total. The molecule has 19 heteroatoms. The average Bonchev–Trinajstić information content (AvgIpc) is 2.07. The molecule has 0 aromatic heterocycles. The summed E-state index contributed by atoms with van der Waals surface area (Å²) >= 11 is 0. The number of carbonyl (C=O) groups is 4. The van der Waals surface area contributed by atoms with Crippen LogP contribution in [-0.4, -0.2) is 96.7 Å². The number of hydrogen-bond acceptors (Lipinski definition) is 15. The van der Waals surface area contributed by atoms with Crippen LogP contribution in [0.1, 0.15) is 389 Å². The van der Waals surface area contributed by atoms with E-state index in [9.17, 15) is 43.2 Å². The summed E-state index contributed by atoms with van der Waals surface area (Å²) < 4.78 is 68.5. The lowest BCUT2D eigenvalue weighted by atomic mass is 9.99. The van der Waals surface area contributed by atoms with Crippen molar-refractivity contribution in [3.63, 3.8) is 0 Å². The number of rotatable bonds is 74. The quantitative estimate of drug-likeness (QED) is 0.0222. The van der Waals surface area contributed by atoms with E-state index in [0.29, 0.717) is 31.6 Å². The van der Waals surface area contributed by atoms with Gasteiger partial charge in [0.1, 0.15) is 19.3 Å². The summed E-state index contributed by atoms with van der Waals surface area (Å²) in [5, 5.41) is 10.6. The third kappa shape index (κ3) is 67.9. The molecule has 0 spiro atoms. The zero-order valence-corrected chi connectivity index (χ0v) is 64.8. The van der Waals surface area contributed by atoms with Crippen LogP contribution in [0.4, 0.5) is 0 Å². The number of phosphoric acid groups is 2. The predicted octanol–water partition coefficient (Wildman–Crippen LogP) is 22.4. The first-order valence-electron chi connectivity index (χ1n) is 39.8. The number of unbranched alkanes of at least 4 members (excludes halogenated alkanes) is 38. The molecule has 0 aliphatic heterocycles. The molecule has 0 saturated heterocycles. The van der Waals surface area contributed by atoms with Gasteiger partial charge >= 0.3 is 39.5 Å². The normalized spacial score (nSPS) is 14.7. The number of hydrogen-bond donors (Lipinski definition) is 3. The number of aliphatic hydroxyl groups excluding tert-OH is 1. The highest BCUT2D eigenvalue weighted by Gasteiger charge is 2.30. The molecule has 96 heavy (non-hydrogen) atoms. The monoisotopic (exact) mass is 1410 g/mol. The smallest absolute Gasteiger partial charge is 0.462 e. The van der Waals surface area contributed by atoms with Crippen LogP contribution in [-0.2, 0) is 65.4 Å². The maximum Gasteiger partial charge on any atom is 0.472 e. The van der Waals surface area contributed by atoms with Crippen LogP contribution in [0.2, 0.25) is 0 Å². The van der Waals surface area contributed by atoms with Crippen molar-refractivity contribution in [2.24, 2.45) is 23.7 Å². The third-order valence-corrected chi connectivity index (χ3v) is 20.4. The lowest BCUT2D eigenvalue weighted by molar-refractivity contribution is -0.161. The van der Waals surface area contributed by atoms with Crippen LogP contribution in [0, 0.1) is 23.7 Å². The Labute approximate surface area is 588 Å². The highest BCUT2D eigenvalue weighted by molar-refractivity contribution is 7.47. The Bertz CT molecular complexity index is 1890. The van der Waals surface area contributed by atoms with Gasteiger partial charge in [0.25, 0.3) is 0 Å². The van der Waals surface area contributed by atoms with E-state index in [2.05, 4.69) is 55.4 Å². The first kappa shape index (κ1) is 94.1. The molecular formula is C77H150O17P2. The van der Waals surface area contributed by atoms with Crippen molar-refractivity contribution in [3.8, 4) is 0 Å². The summed E-state index contributed by atoms with van der Waals surface area (Å²) in [5.41, 5.74) is 0. The van der Waals surface area contributed by atoms with Gasteiger partial charge in [-0.15, -0.1) is 0 Å². The summed E-state index contributed by atoms with van der Waals surface area (Å²) in [6.07, 6.45) is 51.4. The summed E-state index contributed by atoms with van der Waals surface area (Å²) in [6.45, 7) is 14.2. The second-order valence-electron chi connectivity index (χ2n) is 29.2. The highest BCUT2D eigenvalue weighted by Crippen LogP contribution is 2.45. The van der Waals surface area contributed by atoms with E-state index in [1.165, 1.54) is 186 Å². The van der Waals surface area contributed by atoms with Gasteiger partial charge in [0.05, 0.1) is 26.4 Å². The van der Waals surface area contributed by atoms with Crippen molar-refractivity contribution in [2.45, 2.75) is 408 Å². The Morgan fingerprint density at radius 3 is 0.740 bits per heavy atom. The van der Waals surface area contributed by atoms with Gasteiger partial charge in [-0.2, -0.15) is 0 Å². The molecule has 0 radical (unpaired) electrons. The molecule has 0 aromatic rings. The molecule has 17 nitrogen and oxygen atoms in total. The highest BCUT2D eigenvalue weighted by atomic mass is 31.2. The number of phosphoric ester groups is 2. The lowest BCUT2D eigenvalue weighted by Gasteiger charge is -2.21. The molecule has 0 aliphatic carbocycles. The minimum Gasteiger partial charge on any atom is -0.462 e. The molecule has 0 fully saturated rings. The topological polar surface area (TPSA) is 237 Å². The number of aliphatic hydroxyl groups is 1. The largest absolute Gasteiger partial charge is 0.472 e. The first-order chi connectivity index (χ1) is 46.2. The van der Waals surface area contributed by atoms with E-state index in [1.54, 1.807) is 0 Å². The predicted molar refractivity (Wildman–Crippen MR) is 391 cm³/mol. The lowest BCUT2D eigenvalue weighted by Crippen LogP contribution is -2.30. The molecule has 0 saturated carbocycles. The van der Waals surface area contributed by atoms with Crippen LogP contribution in [0.5, 0.6) is 0 Å². The van der Waals surface area contributed by atoms with Crippen molar-refractivity contribution in [3.05, 3.63) is 0 Å². The zero-order valence-electron chi connectivity index (χ0n) is 63.0. The third-order valence-electron chi connectivity index (χ3n) is 18.5. The van der Waals surface area contributed by atoms with Crippen LogP contribution in [0.25, 0.3) is 0 Å². The molecule has 0 aliphatic rings. The van der Waals surface area contributed by atoms with Gasteiger partial charge in [0, 0.05) is 25.7 Å². The van der Waals surface area contributed by atoms with Gasteiger partial charge in [0.15, 0.2) is 12.2 Å². The Balaban J connectivity index is 5.20. The van der Waals surface area contributed by atoms with E-state index in [0.717, 1.165) is 114 Å². The van der Waals surface area contributed by atoms with Crippen molar-refractivity contribution >= 4 is 39.5 Å². The second-order valence-corrected chi connectivity index (χ2v) is 32.1. The summed E-state index contributed by atoms with van der Waals surface area (Å²) in [7, 11) is -9.91. The fraction of sp³-hybridized carbons (Fsp3) is 0.948. The number of carbonyl (C=O) groups excluding carboxylic acids is 4. The number of esters is 4. The molecule has 0 heterocycles. The standard InChI is InChI=1S/C77H150O17P2/c1-9-69(7)55-47-39-30-24-20-16-12-14-17-21-25-32-41-49-57-74(79)87-63-72(94-77(82)60-52-44-34-28-27-31-40-48-56-70(8)10-2)65-91-95(83,84)89-61-71(78)62-90-96(85,86)92-66-73(64-88-75(80)58-50-42-36-35-38-46-54-68(5)6)93-76(81)59-51-43-33-26-22-18-13-11-15-19-23-29-37-45-53-67(3)4/h67-73,78H,9-66H2,1-8H3,(H,83,84)(H,85,86)/t69?,70?,71-,72-,73-/m1/s1. The fourth-order valence-electron chi connectivity index (χ4n) is 11.7. The van der Waals surface area contributed by atoms with Crippen LogP contribution in [0.15, 0.2) is 0 Å². The Morgan fingerprint density at radius 1 is 0.292 bits per heavy atom. The molecule has 0 bridgehead atoms. The summed E-state index contributed by atoms with van der Waals surface area (Å²) in [5.74, 6) is 0.971. The van der Waals surface area contributed by atoms with Crippen molar-refractivity contribution in [1.82, 2.24) is 0 Å². The Hall–Kier alpha value is -1.94. The van der Waals surface area contributed by atoms with Crippen molar-refractivity contribution in [2.75, 3.05) is 39.6 Å². The number of ether oxygens (including phenoxy) is 4. The summed E-state index contributed by atoms with van der Waals surface area (Å²) in [6, 6.07) is 0. The van der Waals surface area contributed by atoms with Crippen LogP contribution < -0.4 is 0 Å². The average molecular weight is 1410 g/mol. The molecule has 4 unspecified atom stereocenters. The van der Waals surface area contributed by atoms with E-state index < -0.39 is 97.5 Å². The Kier molecular flexibility index (Phi) is 65.0. The second kappa shape index (κ2) is 66.3. The molecule has 0 amide bonds. The first-order valence-corrected chi connectivity index (χ1v) is 42.8. The molecule has 0 aromatic carbocycles. The van der Waals surface area contributed by atoms with Crippen LogP contribution >= 0.6 is 15.6 Å². The van der Waals surface area contributed by atoms with Crippen LogP contribution in [0.3, 0.4) is 0 Å². The van der Waals surface area contributed by atoms with Gasteiger partial charge in [-0.05, 0) is 49.4 Å². The van der Waals surface area contributed by atoms with Gasteiger partial charge in [-0.3, -0.25) is 37.3 Å². The molecular weight excluding hydrogens is 1260 g/mol. The van der Waals surface area contributed by atoms with Crippen molar-refractivity contribution < 1.29 is 80.2 Å². The zero-order chi connectivity index (χ0) is 71.0. The van der Waals surface area contributed by atoms with Gasteiger partial charge in [-0.25, -0.2) is 9.13 Å². The minimum atomic E-state index is -4.96. The van der Waals surface area contributed by atoms with Gasteiger partial charge in [0.2, 0.25) is 0 Å². The van der Waals surface area contributed by atoms with Gasteiger partial charge < -0.3 is 33.8 Å². The van der Waals surface area contributed by atoms with E-state index in [-0.39, 0.29) is 25.7 Å². The maximum absolute atomic E-state index is 13.1. The van der Waals surface area contributed by atoms with Crippen molar-refractivity contribution in [1.29, 1.82) is 0 Å². The molecule has 570 valence electrons. The summed E-state index contributed by atoms with van der Waals surface area (Å²) in [4.78, 5) is 72.8. The van der Waals surface area contributed by atoms with E-state index >= 15 is 0 Å². The molecule has 0 rings (SSSR count). The Morgan fingerprint density at radius 2 is 0.500 bits per heavy atom. The maximum atomic E-state index is 13.1. The van der Waals surface area contributed by atoms with E-state index in [1.807, 2.05) is 0 Å². The van der Waals surface area contributed by atoms with Gasteiger partial charge in [-0.1, -0.05) is 338 Å².